The molecule has 1 saturated carbocycles. The van der Waals surface area contributed by atoms with E-state index < -0.39 is 5.41 Å². The van der Waals surface area contributed by atoms with Gasteiger partial charge in [0.1, 0.15) is 11.5 Å². The lowest BCUT2D eigenvalue weighted by Gasteiger charge is -2.18. The zero-order valence-electron chi connectivity index (χ0n) is 18.8. The van der Waals surface area contributed by atoms with Gasteiger partial charge < -0.3 is 14.8 Å². The predicted molar refractivity (Wildman–Crippen MR) is 125 cm³/mol. The van der Waals surface area contributed by atoms with Gasteiger partial charge >= 0.3 is 0 Å². The van der Waals surface area contributed by atoms with Crippen molar-refractivity contribution in [2.45, 2.75) is 39.0 Å². The molecule has 4 nitrogen and oxygen atoms in total. The summed E-state index contributed by atoms with van der Waals surface area (Å²) in [5, 5.41) is 3.17. The fourth-order valence-corrected chi connectivity index (χ4v) is 4.38. The number of ether oxygens (including phenoxy) is 2. The third-order valence-corrected chi connectivity index (χ3v) is 6.28. The van der Waals surface area contributed by atoms with E-state index in [9.17, 15) is 4.79 Å². The molecule has 1 amide bonds. The molecule has 4 rings (SSSR count). The molecule has 0 aromatic heterocycles. The van der Waals surface area contributed by atoms with Crippen molar-refractivity contribution in [1.82, 2.24) is 0 Å². The average molecular weight is 416 g/mol. The third-order valence-electron chi connectivity index (χ3n) is 6.28. The van der Waals surface area contributed by atoms with Crippen LogP contribution in [0.3, 0.4) is 0 Å². The van der Waals surface area contributed by atoms with E-state index in [1.165, 1.54) is 0 Å². The van der Waals surface area contributed by atoms with Crippen molar-refractivity contribution in [2.75, 3.05) is 19.5 Å². The number of methoxy groups -OCH3 is 2. The highest BCUT2D eigenvalue weighted by molar-refractivity contribution is 6.02. The molecule has 0 atom stereocenters. The van der Waals surface area contributed by atoms with E-state index in [2.05, 4.69) is 50.4 Å². The van der Waals surface area contributed by atoms with Gasteiger partial charge in [0.05, 0.1) is 19.6 Å². The van der Waals surface area contributed by atoms with Crippen molar-refractivity contribution in [1.29, 1.82) is 0 Å². The lowest BCUT2D eigenvalue weighted by molar-refractivity contribution is -0.118. The van der Waals surface area contributed by atoms with Crippen LogP contribution in [0.5, 0.6) is 11.5 Å². The summed E-state index contributed by atoms with van der Waals surface area (Å²) >= 11 is 0. The minimum atomic E-state index is -0.465. The standard InChI is InChI=1S/C27H29NO3/c1-17-9-10-22(16-24(17)20-13-18(2)25(31-5)19(3)14-20)28-26(29)27(11-12-27)21-7-6-8-23(15-21)30-4/h6-10,13-16H,11-12H2,1-5H3,(H,28,29). The van der Waals surface area contributed by atoms with Crippen LogP contribution in [-0.4, -0.2) is 20.1 Å². The first-order valence-corrected chi connectivity index (χ1v) is 10.6. The minimum absolute atomic E-state index is 0.0395. The Balaban J connectivity index is 1.63. The second-order valence-corrected chi connectivity index (χ2v) is 8.44. The topological polar surface area (TPSA) is 47.6 Å². The van der Waals surface area contributed by atoms with Gasteiger partial charge in [0.2, 0.25) is 5.91 Å². The summed E-state index contributed by atoms with van der Waals surface area (Å²) in [7, 11) is 3.35. The van der Waals surface area contributed by atoms with E-state index in [-0.39, 0.29) is 5.91 Å². The first-order valence-electron chi connectivity index (χ1n) is 10.6. The van der Waals surface area contributed by atoms with Crippen LogP contribution in [0.1, 0.15) is 35.1 Å². The third kappa shape index (κ3) is 3.90. The zero-order valence-corrected chi connectivity index (χ0v) is 18.8. The molecule has 0 bridgehead atoms. The summed E-state index contributed by atoms with van der Waals surface area (Å²) in [5.74, 6) is 1.73. The van der Waals surface area contributed by atoms with Crippen molar-refractivity contribution in [2.24, 2.45) is 0 Å². The summed E-state index contributed by atoms with van der Waals surface area (Å²) in [6.07, 6.45) is 1.70. The maximum Gasteiger partial charge on any atom is 0.235 e. The number of rotatable bonds is 6. The molecule has 0 unspecified atom stereocenters. The normalized spacial score (nSPS) is 14.1. The van der Waals surface area contributed by atoms with Crippen LogP contribution in [0.2, 0.25) is 0 Å². The highest BCUT2D eigenvalue weighted by Crippen LogP contribution is 2.49. The average Bonchev–Trinajstić information content (AvgIpc) is 3.57. The molecule has 0 radical (unpaired) electrons. The number of anilines is 1. The first-order chi connectivity index (χ1) is 14.9. The highest BCUT2D eigenvalue weighted by Gasteiger charge is 2.51. The highest BCUT2D eigenvalue weighted by atomic mass is 16.5. The van der Waals surface area contributed by atoms with Crippen LogP contribution in [-0.2, 0) is 10.2 Å². The molecule has 0 heterocycles. The smallest absolute Gasteiger partial charge is 0.235 e. The van der Waals surface area contributed by atoms with E-state index in [4.69, 9.17) is 9.47 Å². The summed E-state index contributed by atoms with van der Waals surface area (Å²) in [4.78, 5) is 13.3. The molecular formula is C27H29NO3. The summed E-state index contributed by atoms with van der Waals surface area (Å²) in [6, 6.07) is 18.2. The van der Waals surface area contributed by atoms with E-state index in [0.29, 0.717) is 0 Å². The van der Waals surface area contributed by atoms with E-state index in [0.717, 1.165) is 63.4 Å². The van der Waals surface area contributed by atoms with Crippen molar-refractivity contribution in [3.05, 3.63) is 76.9 Å². The van der Waals surface area contributed by atoms with Crippen LogP contribution >= 0.6 is 0 Å². The van der Waals surface area contributed by atoms with Gasteiger partial charge in [-0.1, -0.05) is 18.2 Å². The lowest BCUT2D eigenvalue weighted by Crippen LogP contribution is -2.27. The molecule has 4 heteroatoms. The number of benzene rings is 3. The van der Waals surface area contributed by atoms with Crippen molar-refractivity contribution in [3.63, 3.8) is 0 Å². The number of carbonyl (C=O) groups is 1. The van der Waals surface area contributed by atoms with Crippen LogP contribution in [0.25, 0.3) is 11.1 Å². The summed E-state index contributed by atoms with van der Waals surface area (Å²) in [5.41, 5.74) is 6.95. The van der Waals surface area contributed by atoms with Crippen LogP contribution in [0.15, 0.2) is 54.6 Å². The summed E-state index contributed by atoms with van der Waals surface area (Å²) in [6.45, 7) is 6.21. The van der Waals surface area contributed by atoms with Crippen LogP contribution in [0, 0.1) is 20.8 Å². The van der Waals surface area contributed by atoms with Crippen molar-refractivity contribution >= 4 is 11.6 Å². The Kier molecular flexibility index (Phi) is 5.48. The molecule has 31 heavy (non-hydrogen) atoms. The van der Waals surface area contributed by atoms with Gasteiger partial charge in [-0.05, 0) is 103 Å². The van der Waals surface area contributed by atoms with Gasteiger partial charge in [-0.2, -0.15) is 0 Å². The van der Waals surface area contributed by atoms with E-state index in [1.807, 2.05) is 30.3 Å². The molecule has 0 spiro atoms. The van der Waals surface area contributed by atoms with Crippen molar-refractivity contribution < 1.29 is 14.3 Å². The Labute approximate surface area is 184 Å². The van der Waals surface area contributed by atoms with Crippen LogP contribution in [0.4, 0.5) is 5.69 Å². The Hall–Kier alpha value is -3.27. The zero-order chi connectivity index (χ0) is 22.2. The van der Waals surface area contributed by atoms with E-state index in [1.54, 1.807) is 14.2 Å². The minimum Gasteiger partial charge on any atom is -0.497 e. The van der Waals surface area contributed by atoms with E-state index >= 15 is 0 Å². The number of nitrogens with one attached hydrogen (secondary N) is 1. The second kappa shape index (κ2) is 8.10. The molecule has 160 valence electrons. The molecular weight excluding hydrogens is 386 g/mol. The van der Waals surface area contributed by atoms with Gasteiger partial charge in [-0.3, -0.25) is 4.79 Å². The van der Waals surface area contributed by atoms with Gasteiger partial charge in [0, 0.05) is 5.69 Å². The quantitative estimate of drug-likeness (QED) is 0.540. The monoisotopic (exact) mass is 415 g/mol. The molecule has 1 aliphatic rings. The Morgan fingerprint density at radius 2 is 1.58 bits per heavy atom. The fraction of sp³-hybridized carbons (Fsp3) is 0.296. The van der Waals surface area contributed by atoms with Gasteiger partial charge in [-0.15, -0.1) is 0 Å². The lowest BCUT2D eigenvalue weighted by atomic mass is 9.94. The van der Waals surface area contributed by atoms with Gasteiger partial charge in [0.15, 0.2) is 0 Å². The summed E-state index contributed by atoms with van der Waals surface area (Å²) < 4.78 is 10.9. The van der Waals surface area contributed by atoms with Crippen LogP contribution < -0.4 is 14.8 Å². The molecule has 0 saturated heterocycles. The number of hydrogen-bond donors (Lipinski definition) is 1. The SMILES string of the molecule is COc1cccc(C2(C(=O)Nc3ccc(C)c(-c4cc(C)c(OC)c(C)c4)c3)CC2)c1. The predicted octanol–water partition coefficient (Wildman–Crippen LogP) is 5.97. The molecule has 0 aliphatic heterocycles. The molecule has 3 aromatic rings. The number of carbonyl (C=O) groups excluding carboxylic acids is 1. The number of aryl methyl sites for hydroxylation is 3. The van der Waals surface area contributed by atoms with Gasteiger partial charge in [0.25, 0.3) is 0 Å². The Bertz CT molecular complexity index is 1120. The maximum absolute atomic E-state index is 13.3. The van der Waals surface area contributed by atoms with Gasteiger partial charge in [-0.25, -0.2) is 0 Å². The molecule has 1 N–H and O–H groups in total. The molecule has 1 aliphatic carbocycles. The maximum atomic E-state index is 13.3. The molecule has 3 aromatic carbocycles. The number of hydrogen-bond acceptors (Lipinski definition) is 3. The number of amides is 1. The van der Waals surface area contributed by atoms with Crippen molar-refractivity contribution in [3.8, 4) is 22.6 Å². The Morgan fingerprint density at radius 1 is 0.871 bits per heavy atom. The largest absolute Gasteiger partial charge is 0.497 e. The second-order valence-electron chi connectivity index (χ2n) is 8.44. The molecule has 1 fully saturated rings. The Morgan fingerprint density at radius 3 is 2.19 bits per heavy atom. The fourth-order valence-electron chi connectivity index (χ4n) is 4.38. The first kappa shape index (κ1) is 21.0.